The number of nitrogens with zero attached hydrogens (tertiary/aromatic N) is 6. The molecule has 2 heterocycles. The lowest BCUT2D eigenvalue weighted by Crippen LogP contribution is -2.74. The summed E-state index contributed by atoms with van der Waals surface area (Å²) in [5, 5.41) is 17.1. The minimum atomic E-state index is -2.87. The number of rotatable bonds is 10. The van der Waals surface area contributed by atoms with Gasteiger partial charge in [0.1, 0.15) is 0 Å². The summed E-state index contributed by atoms with van der Waals surface area (Å²) in [4.78, 5) is 19.5. The molecule has 12 rings (SSSR count). The fraction of sp³-hybridized carbons (Fsp3) is 0. The quantitative estimate of drug-likeness (QED) is 0.0778. The van der Waals surface area contributed by atoms with Gasteiger partial charge < -0.3 is 4.57 Å². The number of para-hydroxylation sites is 1. The number of hydrogen-bond acceptors (Lipinski definition) is 4. The van der Waals surface area contributed by atoms with Crippen molar-refractivity contribution < 1.29 is 0 Å². The van der Waals surface area contributed by atoms with Crippen LogP contribution in [0.1, 0.15) is 5.56 Å². The maximum absolute atomic E-state index is 9.73. The van der Waals surface area contributed by atoms with Gasteiger partial charge in [-0.1, -0.05) is 218 Å². The van der Waals surface area contributed by atoms with Gasteiger partial charge in [-0.05, 0) is 79.4 Å². The summed E-state index contributed by atoms with van der Waals surface area (Å²) >= 11 is 0. The normalized spacial score (nSPS) is 11.3. The van der Waals surface area contributed by atoms with Crippen LogP contribution in [0.4, 0.5) is 5.69 Å². The fourth-order valence-corrected chi connectivity index (χ4v) is 15.1. The Labute approximate surface area is 418 Å². The van der Waals surface area contributed by atoms with Crippen LogP contribution in [-0.2, 0) is 0 Å². The van der Waals surface area contributed by atoms with Crippen LogP contribution >= 0.6 is 0 Å². The average molecular weight is 935 g/mol. The van der Waals surface area contributed by atoms with Gasteiger partial charge in [0, 0.05) is 33.0 Å². The first kappa shape index (κ1) is 43.5. The highest BCUT2D eigenvalue weighted by Crippen LogP contribution is 2.41. The number of hydrogen-bond donors (Lipinski definition) is 0. The second-order valence-corrected chi connectivity index (χ2v) is 21.5. The SMILES string of the molecule is [C-]#[N+]c1cc(C#N)ccc1-c1ccc2c3ccccc3n(-c3cc(-c4cccc([Si](c5ccccc5)(c5ccccc5)c5ccccc5)c4)ccc3-c3nc(-c4ccccc4)nc(-c4ccccc4)n3)c2c1. The van der Waals surface area contributed by atoms with Crippen LogP contribution in [0.5, 0.6) is 0 Å². The summed E-state index contributed by atoms with van der Waals surface area (Å²) < 4.78 is 2.32. The minimum Gasteiger partial charge on any atom is -0.308 e. The summed E-state index contributed by atoms with van der Waals surface area (Å²) in [6.07, 6.45) is 0. The Balaban J connectivity index is 1.15. The third-order valence-electron chi connectivity index (χ3n) is 13.7. The standard InChI is InChI=1S/C65H42N6Si/c1-67-59-40-45(44-66)34-37-55(59)50-36-38-57-56-32-17-18-33-60(56)71(61(57)43-50)62-42-49(35-39-58(62)65-69-63(46-20-7-2-8-21-46)68-64(70-65)47-22-9-3-10-23-47)48-24-19-31-54(41-48)72(51-25-11-4-12-26-51,52-27-13-5-14-28-52)53-29-15-6-16-30-53/h2-43H. The first-order valence-corrected chi connectivity index (χ1v) is 25.8. The number of fused-ring (bicyclic) bond motifs is 3. The van der Waals surface area contributed by atoms with Crippen molar-refractivity contribution in [3.05, 3.63) is 272 Å². The van der Waals surface area contributed by atoms with Crippen molar-refractivity contribution in [2.75, 3.05) is 0 Å². The molecule has 0 aliphatic rings. The van der Waals surface area contributed by atoms with Crippen LogP contribution < -0.4 is 20.7 Å². The largest absolute Gasteiger partial charge is 0.308 e. The van der Waals surface area contributed by atoms with Crippen molar-refractivity contribution in [1.82, 2.24) is 19.5 Å². The van der Waals surface area contributed by atoms with Gasteiger partial charge in [0.2, 0.25) is 0 Å². The van der Waals surface area contributed by atoms with Crippen LogP contribution in [0.15, 0.2) is 255 Å². The van der Waals surface area contributed by atoms with Crippen LogP contribution in [0.25, 0.3) is 88.8 Å². The Kier molecular flexibility index (Phi) is 11.2. The molecule has 0 atom stereocenters. The van der Waals surface area contributed by atoms with Crippen LogP contribution in [-0.4, -0.2) is 27.6 Å². The van der Waals surface area contributed by atoms with Gasteiger partial charge in [-0.2, -0.15) is 5.26 Å². The lowest BCUT2D eigenvalue weighted by atomic mass is 10.00. The number of nitriles is 1. The van der Waals surface area contributed by atoms with Gasteiger partial charge in [0.25, 0.3) is 0 Å². The first-order chi connectivity index (χ1) is 35.6. The van der Waals surface area contributed by atoms with Crippen molar-refractivity contribution in [2.45, 2.75) is 0 Å². The van der Waals surface area contributed by atoms with Crippen LogP contribution in [0.3, 0.4) is 0 Å². The molecule has 0 saturated carbocycles. The van der Waals surface area contributed by atoms with E-state index in [2.05, 4.69) is 191 Å². The highest BCUT2D eigenvalue weighted by Gasteiger charge is 2.41. The van der Waals surface area contributed by atoms with Crippen molar-refractivity contribution in [2.24, 2.45) is 0 Å². The zero-order valence-electron chi connectivity index (χ0n) is 38.9. The van der Waals surface area contributed by atoms with E-state index in [0.717, 1.165) is 66.4 Å². The zero-order valence-corrected chi connectivity index (χ0v) is 39.9. The molecule has 0 amide bonds. The molecule has 0 fully saturated rings. The van der Waals surface area contributed by atoms with E-state index < -0.39 is 8.07 Å². The molecule has 7 heteroatoms. The third kappa shape index (κ3) is 7.64. The highest BCUT2D eigenvalue weighted by molar-refractivity contribution is 7.19. The van der Waals surface area contributed by atoms with E-state index >= 15 is 0 Å². The number of benzene rings is 10. The van der Waals surface area contributed by atoms with E-state index in [1.165, 1.54) is 20.7 Å². The molecular weight excluding hydrogens is 893 g/mol. The summed E-state index contributed by atoms with van der Waals surface area (Å²) in [5.74, 6) is 1.68. The summed E-state index contributed by atoms with van der Waals surface area (Å²) in [6.45, 7) is 8.11. The molecule has 336 valence electrons. The molecule has 0 spiro atoms. The monoisotopic (exact) mass is 934 g/mol. The molecule has 0 radical (unpaired) electrons. The van der Waals surface area contributed by atoms with Crippen molar-refractivity contribution in [3.63, 3.8) is 0 Å². The highest BCUT2D eigenvalue weighted by atomic mass is 28.3. The Bertz CT molecular complexity index is 3900. The Hall–Kier alpha value is -9.79. The first-order valence-electron chi connectivity index (χ1n) is 23.8. The minimum absolute atomic E-state index is 0.423. The maximum atomic E-state index is 9.73. The second kappa shape index (κ2) is 18.6. The predicted octanol–water partition coefficient (Wildman–Crippen LogP) is 13.1. The van der Waals surface area contributed by atoms with Gasteiger partial charge in [-0.25, -0.2) is 19.8 Å². The predicted molar refractivity (Wildman–Crippen MR) is 296 cm³/mol. The summed E-state index contributed by atoms with van der Waals surface area (Å²) in [5.41, 5.74) is 10.0. The number of aromatic nitrogens is 4. The lowest BCUT2D eigenvalue weighted by molar-refractivity contribution is 1.06. The smallest absolute Gasteiger partial charge is 0.196 e. The third-order valence-corrected chi connectivity index (χ3v) is 18.4. The molecule has 0 aliphatic carbocycles. The van der Waals surface area contributed by atoms with Crippen LogP contribution in [0.2, 0.25) is 0 Å². The summed E-state index contributed by atoms with van der Waals surface area (Å²) in [6, 6.07) is 91.3. The molecule has 0 aliphatic heterocycles. The molecule has 0 bridgehead atoms. The topological polar surface area (TPSA) is 71.8 Å². The summed E-state index contributed by atoms with van der Waals surface area (Å²) in [7, 11) is -2.87. The van der Waals surface area contributed by atoms with Gasteiger partial charge in [0.15, 0.2) is 31.2 Å². The molecule has 12 aromatic rings. The zero-order chi connectivity index (χ0) is 48.4. The molecule has 0 saturated heterocycles. The maximum Gasteiger partial charge on any atom is 0.196 e. The molecule has 0 N–H and O–H groups in total. The van der Waals surface area contributed by atoms with E-state index in [1.807, 2.05) is 66.7 Å². The van der Waals surface area contributed by atoms with E-state index in [1.54, 1.807) is 12.1 Å². The molecule has 2 aromatic heterocycles. The van der Waals surface area contributed by atoms with Gasteiger partial charge in [-0.3, -0.25) is 0 Å². The van der Waals surface area contributed by atoms with Crippen molar-refractivity contribution in [1.29, 1.82) is 5.26 Å². The van der Waals surface area contributed by atoms with Crippen LogP contribution in [0, 0.1) is 17.9 Å². The fourth-order valence-electron chi connectivity index (χ4n) is 10.3. The second-order valence-electron chi connectivity index (χ2n) is 17.7. The van der Waals surface area contributed by atoms with Gasteiger partial charge in [0.05, 0.1) is 29.4 Å². The van der Waals surface area contributed by atoms with E-state index in [0.29, 0.717) is 28.7 Å². The molecular formula is C65H42N6Si. The molecule has 6 nitrogen and oxygen atoms in total. The van der Waals surface area contributed by atoms with E-state index in [9.17, 15) is 5.26 Å². The van der Waals surface area contributed by atoms with Crippen molar-refractivity contribution >= 4 is 56.3 Å². The van der Waals surface area contributed by atoms with Gasteiger partial charge >= 0.3 is 0 Å². The molecule has 72 heavy (non-hydrogen) atoms. The van der Waals surface area contributed by atoms with E-state index in [-0.39, 0.29) is 0 Å². The van der Waals surface area contributed by atoms with Gasteiger partial charge in [-0.15, -0.1) is 0 Å². The molecule has 10 aromatic carbocycles. The Morgan fingerprint density at radius 1 is 0.389 bits per heavy atom. The average Bonchev–Trinajstić information content (AvgIpc) is 3.80. The van der Waals surface area contributed by atoms with Crippen molar-refractivity contribution in [3.8, 4) is 68.2 Å². The Morgan fingerprint density at radius 3 is 1.47 bits per heavy atom. The Morgan fingerprint density at radius 2 is 0.875 bits per heavy atom. The van der Waals surface area contributed by atoms with E-state index in [4.69, 9.17) is 21.5 Å². The lowest BCUT2D eigenvalue weighted by Gasteiger charge is -2.34. The molecule has 0 unspecified atom stereocenters.